The molecule has 1 amide bonds. The number of aliphatic hydroxyl groups excluding tert-OH is 1. The van der Waals surface area contributed by atoms with Crippen molar-refractivity contribution in [1.82, 2.24) is 15.0 Å². The predicted molar refractivity (Wildman–Crippen MR) is 113 cm³/mol. The van der Waals surface area contributed by atoms with Crippen LogP contribution in [0.4, 0.5) is 0 Å². The van der Waals surface area contributed by atoms with Crippen molar-refractivity contribution in [2.75, 3.05) is 32.7 Å². The fourth-order valence-corrected chi connectivity index (χ4v) is 4.65. The monoisotopic (exact) mass is 421 g/mol. The first kappa shape index (κ1) is 24.1. The summed E-state index contributed by atoms with van der Waals surface area (Å²) in [6.45, 7) is 11.7. The topological polar surface area (TPSA) is 107 Å². The van der Waals surface area contributed by atoms with Crippen molar-refractivity contribution in [2.45, 2.75) is 59.5 Å². The van der Waals surface area contributed by atoms with Crippen molar-refractivity contribution in [3.05, 3.63) is 28.7 Å². The lowest BCUT2D eigenvalue weighted by molar-refractivity contribution is -0.122. The third kappa shape index (κ3) is 5.70. The SMILES string of the molecule is CC(C)=CCCN1CC[C@@H](O)[C@]2(CCCN(C(=O)c3c(C)noc3C)C2)C1.O=CO. The molecule has 2 aliphatic heterocycles. The number of aliphatic hydroxyl groups is 1. The van der Waals surface area contributed by atoms with Crippen LogP contribution in [0.2, 0.25) is 0 Å². The summed E-state index contributed by atoms with van der Waals surface area (Å²) in [5.41, 5.74) is 2.34. The van der Waals surface area contributed by atoms with Gasteiger partial charge >= 0.3 is 0 Å². The lowest BCUT2D eigenvalue weighted by Crippen LogP contribution is -2.59. The van der Waals surface area contributed by atoms with Gasteiger partial charge < -0.3 is 24.5 Å². The highest BCUT2D eigenvalue weighted by Gasteiger charge is 2.46. The molecule has 2 fully saturated rings. The molecule has 1 aromatic rings. The van der Waals surface area contributed by atoms with E-state index in [4.69, 9.17) is 14.4 Å². The number of amides is 1. The number of aryl methyl sites for hydroxylation is 2. The average Bonchev–Trinajstić information content (AvgIpc) is 3.03. The molecule has 2 saturated heterocycles. The Hall–Kier alpha value is -2.19. The maximum absolute atomic E-state index is 13.1. The van der Waals surface area contributed by atoms with E-state index in [1.165, 1.54) is 5.57 Å². The number of carboxylic acid groups (broad SMARTS) is 1. The van der Waals surface area contributed by atoms with Gasteiger partial charge in [-0.15, -0.1) is 0 Å². The predicted octanol–water partition coefficient (Wildman–Crippen LogP) is 2.64. The molecular weight excluding hydrogens is 386 g/mol. The van der Waals surface area contributed by atoms with Gasteiger partial charge in [0.05, 0.1) is 11.8 Å². The molecule has 30 heavy (non-hydrogen) atoms. The molecule has 2 aliphatic rings. The zero-order valence-electron chi connectivity index (χ0n) is 18.6. The van der Waals surface area contributed by atoms with Gasteiger partial charge in [0.1, 0.15) is 11.3 Å². The summed E-state index contributed by atoms with van der Waals surface area (Å²) in [5.74, 6) is 0.559. The average molecular weight is 422 g/mol. The second kappa shape index (κ2) is 10.7. The Bertz CT molecular complexity index is 736. The number of hydrogen-bond acceptors (Lipinski definition) is 6. The normalized spacial score (nSPS) is 24.2. The number of aromatic nitrogens is 1. The molecule has 0 bridgehead atoms. The van der Waals surface area contributed by atoms with Crippen LogP contribution >= 0.6 is 0 Å². The largest absolute Gasteiger partial charge is 0.483 e. The van der Waals surface area contributed by atoms with Crippen LogP contribution in [-0.2, 0) is 4.79 Å². The van der Waals surface area contributed by atoms with Crippen molar-refractivity contribution >= 4 is 12.4 Å². The van der Waals surface area contributed by atoms with Crippen LogP contribution in [0.3, 0.4) is 0 Å². The van der Waals surface area contributed by atoms with E-state index in [0.29, 0.717) is 23.6 Å². The fourth-order valence-electron chi connectivity index (χ4n) is 4.65. The smallest absolute Gasteiger partial charge is 0.290 e. The number of nitrogens with zero attached hydrogens (tertiary/aromatic N) is 3. The van der Waals surface area contributed by atoms with E-state index < -0.39 is 0 Å². The third-order valence-corrected chi connectivity index (χ3v) is 6.10. The van der Waals surface area contributed by atoms with Gasteiger partial charge in [0.15, 0.2) is 0 Å². The Labute approximate surface area is 178 Å². The third-order valence-electron chi connectivity index (χ3n) is 6.10. The highest BCUT2D eigenvalue weighted by Crippen LogP contribution is 2.39. The van der Waals surface area contributed by atoms with Crippen molar-refractivity contribution in [2.24, 2.45) is 5.41 Å². The van der Waals surface area contributed by atoms with E-state index in [0.717, 1.165) is 51.9 Å². The summed E-state index contributed by atoms with van der Waals surface area (Å²) in [4.78, 5) is 25.8. The number of rotatable bonds is 4. The lowest BCUT2D eigenvalue weighted by atomic mass is 9.71. The van der Waals surface area contributed by atoms with Crippen LogP contribution in [0.5, 0.6) is 0 Å². The van der Waals surface area contributed by atoms with Crippen molar-refractivity contribution < 1.29 is 24.3 Å². The Morgan fingerprint density at radius 2 is 2.00 bits per heavy atom. The van der Waals surface area contributed by atoms with Gasteiger partial charge in [-0.2, -0.15) is 0 Å². The van der Waals surface area contributed by atoms with Crippen molar-refractivity contribution in [1.29, 1.82) is 0 Å². The van der Waals surface area contributed by atoms with Gasteiger partial charge in [-0.1, -0.05) is 16.8 Å². The Kier molecular flexibility index (Phi) is 8.61. The summed E-state index contributed by atoms with van der Waals surface area (Å²) in [6.07, 6.45) is 5.63. The highest BCUT2D eigenvalue weighted by molar-refractivity contribution is 5.96. The minimum Gasteiger partial charge on any atom is -0.483 e. The molecule has 2 N–H and O–H groups in total. The van der Waals surface area contributed by atoms with Crippen LogP contribution in [-0.4, -0.2) is 76.4 Å². The van der Waals surface area contributed by atoms with E-state index in [2.05, 4.69) is 30.0 Å². The zero-order chi connectivity index (χ0) is 22.3. The van der Waals surface area contributed by atoms with Gasteiger partial charge in [0.2, 0.25) is 0 Å². The molecule has 8 heteroatoms. The van der Waals surface area contributed by atoms with Gasteiger partial charge in [-0.3, -0.25) is 9.59 Å². The summed E-state index contributed by atoms with van der Waals surface area (Å²) < 4.78 is 5.19. The van der Waals surface area contributed by atoms with Crippen molar-refractivity contribution in [3.63, 3.8) is 0 Å². The van der Waals surface area contributed by atoms with E-state index >= 15 is 0 Å². The molecule has 168 valence electrons. The summed E-state index contributed by atoms with van der Waals surface area (Å²) in [7, 11) is 0. The molecule has 0 saturated carbocycles. The summed E-state index contributed by atoms with van der Waals surface area (Å²) >= 11 is 0. The Morgan fingerprint density at radius 1 is 1.30 bits per heavy atom. The van der Waals surface area contributed by atoms with Gasteiger partial charge in [-0.25, -0.2) is 0 Å². The Morgan fingerprint density at radius 3 is 2.60 bits per heavy atom. The number of piperidine rings is 2. The van der Waals surface area contributed by atoms with E-state index in [1.54, 1.807) is 6.92 Å². The van der Waals surface area contributed by atoms with Crippen LogP contribution in [0.1, 0.15) is 61.3 Å². The molecule has 0 unspecified atom stereocenters. The fraction of sp³-hybridized carbons (Fsp3) is 0.682. The second-order valence-corrected chi connectivity index (χ2v) is 8.65. The minimum absolute atomic E-state index is 0.0146. The number of carbonyl (C=O) groups excluding carboxylic acids is 1. The highest BCUT2D eigenvalue weighted by atomic mass is 16.5. The molecular formula is C22H35N3O5. The minimum atomic E-state index is -0.350. The molecule has 1 spiro atoms. The summed E-state index contributed by atoms with van der Waals surface area (Å²) in [5, 5.41) is 21.7. The maximum Gasteiger partial charge on any atom is 0.290 e. The molecule has 1 aromatic heterocycles. The van der Waals surface area contributed by atoms with Crippen LogP contribution in [0.15, 0.2) is 16.2 Å². The maximum atomic E-state index is 13.1. The molecule has 0 aliphatic carbocycles. The zero-order valence-corrected chi connectivity index (χ0v) is 18.6. The quantitative estimate of drug-likeness (QED) is 0.568. The first-order valence-electron chi connectivity index (χ1n) is 10.6. The van der Waals surface area contributed by atoms with Gasteiger partial charge in [-0.05, 0) is 53.4 Å². The first-order valence-corrected chi connectivity index (χ1v) is 10.6. The lowest BCUT2D eigenvalue weighted by Gasteiger charge is -2.51. The number of hydrogen-bond donors (Lipinski definition) is 2. The van der Waals surface area contributed by atoms with Gasteiger partial charge in [0, 0.05) is 38.1 Å². The number of allylic oxidation sites excluding steroid dienone is 1. The molecule has 3 rings (SSSR count). The number of carbonyl (C=O) groups is 2. The van der Waals surface area contributed by atoms with Crippen LogP contribution in [0.25, 0.3) is 0 Å². The van der Waals surface area contributed by atoms with Gasteiger partial charge in [0.25, 0.3) is 12.4 Å². The van der Waals surface area contributed by atoms with Crippen LogP contribution < -0.4 is 0 Å². The second-order valence-electron chi connectivity index (χ2n) is 8.65. The molecule has 0 aromatic carbocycles. The van der Waals surface area contributed by atoms with E-state index in [9.17, 15) is 9.90 Å². The molecule has 8 nitrogen and oxygen atoms in total. The van der Waals surface area contributed by atoms with E-state index in [1.807, 2.05) is 11.8 Å². The molecule has 3 heterocycles. The first-order chi connectivity index (χ1) is 14.2. The number of likely N-dealkylation sites (tertiary alicyclic amines) is 2. The molecule has 2 atom stereocenters. The molecule has 0 radical (unpaired) electrons. The van der Waals surface area contributed by atoms with E-state index in [-0.39, 0.29) is 23.9 Å². The Balaban J connectivity index is 0.00000101. The van der Waals surface area contributed by atoms with Crippen LogP contribution in [0, 0.1) is 19.3 Å². The van der Waals surface area contributed by atoms with Crippen molar-refractivity contribution in [3.8, 4) is 0 Å². The summed E-state index contributed by atoms with van der Waals surface area (Å²) in [6, 6.07) is 0. The standard InChI is InChI=1S/C21H33N3O3.CH2O2/c1-15(2)7-5-10-23-12-8-18(25)21(13-23)9-6-11-24(14-21)20(26)19-16(3)22-27-17(19)4;2-1-3/h7,18,25H,5-6,8-14H2,1-4H3;1H,(H,2,3)/t18-,21-;/m1./s1.